The maximum atomic E-state index is 13.4. The Bertz CT molecular complexity index is 1060. The first-order valence-electron chi connectivity index (χ1n) is 10.3. The summed E-state index contributed by atoms with van der Waals surface area (Å²) in [6, 6.07) is 1.87. The van der Waals surface area contributed by atoms with E-state index in [2.05, 4.69) is 16.6 Å². The van der Waals surface area contributed by atoms with E-state index >= 15 is 0 Å². The van der Waals surface area contributed by atoms with Crippen LogP contribution in [0.2, 0.25) is 0 Å². The van der Waals surface area contributed by atoms with Gasteiger partial charge >= 0.3 is 0 Å². The van der Waals surface area contributed by atoms with Crippen molar-refractivity contribution in [3.05, 3.63) is 59.9 Å². The summed E-state index contributed by atoms with van der Waals surface area (Å²) < 4.78 is 21.1. The number of ether oxygens (including phenoxy) is 1. The number of rotatable bonds is 2. The molecule has 0 spiro atoms. The van der Waals surface area contributed by atoms with Crippen LogP contribution in [0.25, 0.3) is 5.65 Å². The Labute approximate surface area is 179 Å². The Morgan fingerprint density at radius 2 is 2.29 bits per heavy atom. The van der Waals surface area contributed by atoms with Crippen LogP contribution in [0.1, 0.15) is 25.3 Å². The topological polar surface area (TPSA) is 83.2 Å². The molecule has 2 aliphatic rings. The Balaban J connectivity index is 1.78. The molecule has 4 heterocycles. The van der Waals surface area contributed by atoms with Crippen molar-refractivity contribution in [1.29, 1.82) is 0 Å². The number of hydrogen-bond acceptors (Lipinski definition) is 6. The Hall–Kier alpha value is -3.20. The van der Waals surface area contributed by atoms with Crippen molar-refractivity contribution < 1.29 is 19.0 Å². The molecule has 4 rings (SSSR count). The SMILES string of the molecule is C=C1/C(=C\C=C(/C)F)OCCN(C(=O)CO)Cc2cnn3ccc(nc23)N2CCC[C@H]12. The smallest absolute Gasteiger partial charge is 0.248 e. The fourth-order valence-electron chi connectivity index (χ4n) is 4.05. The second-order valence-electron chi connectivity index (χ2n) is 7.71. The first-order chi connectivity index (χ1) is 15.0. The average molecular weight is 427 g/mol. The molecule has 0 unspecified atom stereocenters. The highest BCUT2D eigenvalue weighted by Crippen LogP contribution is 2.32. The maximum Gasteiger partial charge on any atom is 0.248 e. The van der Waals surface area contributed by atoms with E-state index < -0.39 is 12.5 Å². The molecular weight excluding hydrogens is 401 g/mol. The molecule has 2 aromatic rings. The number of carbonyl (C=O) groups is 1. The highest BCUT2D eigenvalue weighted by molar-refractivity contribution is 5.77. The molecule has 9 heteroatoms. The number of allylic oxidation sites excluding steroid dienone is 3. The summed E-state index contributed by atoms with van der Waals surface area (Å²) in [5.41, 5.74) is 2.19. The van der Waals surface area contributed by atoms with Crippen LogP contribution in [0.3, 0.4) is 0 Å². The number of amides is 1. The first-order valence-corrected chi connectivity index (χ1v) is 10.3. The van der Waals surface area contributed by atoms with E-state index in [0.717, 1.165) is 36.3 Å². The van der Waals surface area contributed by atoms with Gasteiger partial charge < -0.3 is 19.6 Å². The van der Waals surface area contributed by atoms with Crippen molar-refractivity contribution in [1.82, 2.24) is 19.5 Å². The summed E-state index contributed by atoms with van der Waals surface area (Å²) in [5.74, 6) is 0.507. The average Bonchev–Trinajstić information content (AvgIpc) is 3.40. The highest BCUT2D eigenvalue weighted by atomic mass is 19.1. The number of aromatic nitrogens is 3. The molecule has 2 aliphatic heterocycles. The molecule has 0 radical (unpaired) electrons. The van der Waals surface area contributed by atoms with Crippen LogP contribution in [-0.2, 0) is 16.1 Å². The summed E-state index contributed by atoms with van der Waals surface area (Å²) in [4.78, 5) is 20.8. The molecule has 1 atom stereocenters. The molecular formula is C22H26FN5O3. The number of nitrogens with zero attached hydrogens (tertiary/aromatic N) is 5. The lowest BCUT2D eigenvalue weighted by atomic mass is 10.0. The third-order valence-corrected chi connectivity index (χ3v) is 5.63. The standard InChI is InChI=1S/C22H26FN5O3/c1-15(23)5-6-19-16(2)18-4-3-8-27(18)20-7-9-28-22(25-20)17(12-24-28)13-26(10-11-31-19)21(30)14-29/h5-7,9,12,18,29H,2-4,8,10-11,13-14H2,1H3/b15-5+,19-6+/t18-/m1/s1. The number of hydrogen-bond donors (Lipinski definition) is 1. The molecule has 164 valence electrons. The van der Waals surface area contributed by atoms with Crippen molar-refractivity contribution in [3.63, 3.8) is 0 Å². The number of carbonyl (C=O) groups excluding carboxylic acids is 1. The molecule has 1 N–H and O–H groups in total. The lowest BCUT2D eigenvalue weighted by Crippen LogP contribution is -2.35. The minimum Gasteiger partial charge on any atom is -0.491 e. The fraction of sp³-hybridized carbons (Fsp3) is 0.409. The first kappa shape index (κ1) is 21.0. The third-order valence-electron chi connectivity index (χ3n) is 5.63. The predicted octanol–water partition coefficient (Wildman–Crippen LogP) is 2.36. The Morgan fingerprint density at radius 1 is 1.45 bits per heavy atom. The molecule has 0 aliphatic carbocycles. The second kappa shape index (κ2) is 8.89. The van der Waals surface area contributed by atoms with Crippen LogP contribution < -0.4 is 4.90 Å². The van der Waals surface area contributed by atoms with E-state index in [0.29, 0.717) is 11.4 Å². The zero-order chi connectivity index (χ0) is 22.0. The van der Waals surface area contributed by atoms with Gasteiger partial charge in [-0.15, -0.1) is 0 Å². The fourth-order valence-corrected chi connectivity index (χ4v) is 4.05. The molecule has 0 aromatic carbocycles. The van der Waals surface area contributed by atoms with Crippen LogP contribution in [0.5, 0.6) is 0 Å². The minimum atomic E-state index is -0.604. The second-order valence-corrected chi connectivity index (χ2v) is 7.71. The van der Waals surface area contributed by atoms with Crippen LogP contribution in [0.4, 0.5) is 10.2 Å². The number of anilines is 1. The van der Waals surface area contributed by atoms with Crippen LogP contribution >= 0.6 is 0 Å². The molecule has 0 saturated carbocycles. The van der Waals surface area contributed by atoms with E-state index in [9.17, 15) is 14.3 Å². The normalized spacial score (nSPS) is 21.6. The van der Waals surface area contributed by atoms with E-state index in [1.165, 1.54) is 17.9 Å². The zero-order valence-corrected chi connectivity index (χ0v) is 17.5. The van der Waals surface area contributed by atoms with Gasteiger partial charge in [0, 0.05) is 23.9 Å². The van der Waals surface area contributed by atoms with Crippen LogP contribution in [-0.4, -0.2) is 62.9 Å². The van der Waals surface area contributed by atoms with Crippen molar-refractivity contribution in [2.75, 3.05) is 31.2 Å². The summed E-state index contributed by atoms with van der Waals surface area (Å²) in [6.45, 7) is 6.50. The number of halogens is 1. The van der Waals surface area contributed by atoms with Crippen molar-refractivity contribution in [2.24, 2.45) is 0 Å². The van der Waals surface area contributed by atoms with Crippen molar-refractivity contribution in [2.45, 2.75) is 32.4 Å². The van der Waals surface area contributed by atoms with E-state index in [1.54, 1.807) is 16.8 Å². The maximum absolute atomic E-state index is 13.4. The van der Waals surface area contributed by atoms with Gasteiger partial charge in [0.05, 0.1) is 31.2 Å². The van der Waals surface area contributed by atoms with E-state index in [4.69, 9.17) is 9.72 Å². The van der Waals surface area contributed by atoms with Gasteiger partial charge in [-0.05, 0) is 38.0 Å². The zero-order valence-electron chi connectivity index (χ0n) is 17.5. The molecule has 31 heavy (non-hydrogen) atoms. The van der Waals surface area contributed by atoms with Gasteiger partial charge in [-0.3, -0.25) is 4.79 Å². The summed E-state index contributed by atoms with van der Waals surface area (Å²) in [5, 5.41) is 13.7. The number of fused-ring (bicyclic) bond motifs is 3. The van der Waals surface area contributed by atoms with Crippen molar-refractivity contribution in [3.8, 4) is 0 Å². The lowest BCUT2D eigenvalue weighted by molar-refractivity contribution is -0.135. The minimum absolute atomic E-state index is 0.0307. The quantitative estimate of drug-likeness (QED) is 0.792. The van der Waals surface area contributed by atoms with E-state index in [-0.39, 0.29) is 31.6 Å². The van der Waals surface area contributed by atoms with Gasteiger partial charge in [-0.2, -0.15) is 5.10 Å². The van der Waals surface area contributed by atoms with Crippen LogP contribution in [0.15, 0.2) is 54.4 Å². The number of aliphatic hydroxyl groups is 1. The number of aliphatic hydroxyl groups excluding tert-OH is 1. The third kappa shape index (κ3) is 4.32. The predicted molar refractivity (Wildman–Crippen MR) is 114 cm³/mol. The molecule has 1 fully saturated rings. The van der Waals surface area contributed by atoms with E-state index in [1.807, 2.05) is 12.3 Å². The van der Waals surface area contributed by atoms with Gasteiger partial charge in [0.2, 0.25) is 5.91 Å². The van der Waals surface area contributed by atoms with Gasteiger partial charge in [0.15, 0.2) is 5.65 Å². The van der Waals surface area contributed by atoms with Crippen molar-refractivity contribution >= 4 is 17.4 Å². The summed E-state index contributed by atoms with van der Waals surface area (Å²) >= 11 is 0. The van der Waals surface area contributed by atoms with Crippen LogP contribution in [0, 0.1) is 0 Å². The monoisotopic (exact) mass is 427 g/mol. The Kier molecular flexibility index (Phi) is 6.03. The van der Waals surface area contributed by atoms with Gasteiger partial charge in [0.25, 0.3) is 0 Å². The molecule has 1 amide bonds. The highest BCUT2D eigenvalue weighted by Gasteiger charge is 2.31. The lowest BCUT2D eigenvalue weighted by Gasteiger charge is -2.28. The summed E-state index contributed by atoms with van der Waals surface area (Å²) in [6.07, 6.45) is 8.32. The molecule has 8 nitrogen and oxygen atoms in total. The largest absolute Gasteiger partial charge is 0.491 e. The van der Waals surface area contributed by atoms with Gasteiger partial charge in [-0.25, -0.2) is 13.9 Å². The molecule has 1 saturated heterocycles. The van der Waals surface area contributed by atoms with Gasteiger partial charge in [-0.1, -0.05) is 6.58 Å². The van der Waals surface area contributed by atoms with Gasteiger partial charge in [0.1, 0.15) is 24.8 Å². The molecule has 2 bridgehead atoms. The summed E-state index contributed by atoms with van der Waals surface area (Å²) in [7, 11) is 0. The Morgan fingerprint density at radius 3 is 3.06 bits per heavy atom. The molecule has 2 aromatic heterocycles.